The van der Waals surface area contributed by atoms with Crippen LogP contribution in [0.2, 0.25) is 0 Å². The van der Waals surface area contributed by atoms with Gasteiger partial charge < -0.3 is 20.7 Å². The Hall–Kier alpha value is -1.32. The highest BCUT2D eigenvalue weighted by atomic mass is 32.2. The molecule has 118 valence electrons. The number of methoxy groups -OCH3 is 1. The Morgan fingerprint density at radius 2 is 2.05 bits per heavy atom. The zero-order valence-corrected chi connectivity index (χ0v) is 13.6. The maximum atomic E-state index is 12.3. The second kappa shape index (κ2) is 6.20. The molecule has 21 heavy (non-hydrogen) atoms. The number of carbonyl (C=O) groups is 1. The van der Waals surface area contributed by atoms with Crippen molar-refractivity contribution in [3.63, 3.8) is 0 Å². The zero-order valence-electron chi connectivity index (χ0n) is 12.0. The van der Waals surface area contributed by atoms with E-state index in [-0.39, 0.29) is 21.2 Å². The number of hydrogen-bond acceptors (Lipinski definition) is 8. The van der Waals surface area contributed by atoms with Crippen LogP contribution in [0.15, 0.2) is 4.90 Å². The molecule has 9 heteroatoms. The van der Waals surface area contributed by atoms with E-state index in [0.717, 1.165) is 24.4 Å². The first-order valence-corrected chi connectivity index (χ1v) is 9.08. The zero-order chi connectivity index (χ0) is 15.6. The Morgan fingerprint density at radius 1 is 1.43 bits per heavy atom. The Kier molecular flexibility index (Phi) is 4.74. The number of nitrogens with one attached hydrogen (secondary N) is 1. The number of hydrogen-bond donors (Lipinski definition) is 2. The summed E-state index contributed by atoms with van der Waals surface area (Å²) in [6, 6.07) is 0. The van der Waals surface area contributed by atoms with Crippen molar-refractivity contribution in [1.82, 2.24) is 5.32 Å². The van der Waals surface area contributed by atoms with Gasteiger partial charge in [-0.3, -0.25) is 0 Å². The van der Waals surface area contributed by atoms with Gasteiger partial charge in [-0.1, -0.05) is 6.92 Å². The van der Waals surface area contributed by atoms with Gasteiger partial charge in [-0.15, -0.1) is 11.3 Å². The van der Waals surface area contributed by atoms with Crippen molar-refractivity contribution in [2.75, 3.05) is 49.7 Å². The maximum absolute atomic E-state index is 12.3. The number of anilines is 2. The van der Waals surface area contributed by atoms with Gasteiger partial charge in [0.25, 0.3) is 0 Å². The summed E-state index contributed by atoms with van der Waals surface area (Å²) < 4.78 is 29.4. The SMILES string of the molecule is CCS(=O)(=O)c1c(N2CCNCC2)sc(C(=O)OC)c1N. The number of piperazine rings is 1. The summed E-state index contributed by atoms with van der Waals surface area (Å²) in [5.74, 6) is -0.667. The average Bonchev–Trinajstić information content (AvgIpc) is 2.85. The molecule has 0 saturated carbocycles. The van der Waals surface area contributed by atoms with Crippen LogP contribution in [0.4, 0.5) is 10.7 Å². The molecule has 0 unspecified atom stereocenters. The van der Waals surface area contributed by atoms with Crippen LogP contribution < -0.4 is 16.0 Å². The van der Waals surface area contributed by atoms with Crippen LogP contribution in [-0.4, -0.2) is 53.4 Å². The highest BCUT2D eigenvalue weighted by Crippen LogP contribution is 2.42. The monoisotopic (exact) mass is 333 g/mol. The third-order valence-corrected chi connectivity index (χ3v) is 6.52. The van der Waals surface area contributed by atoms with Crippen LogP contribution in [0, 0.1) is 0 Å². The van der Waals surface area contributed by atoms with Gasteiger partial charge in [0.05, 0.1) is 18.6 Å². The molecule has 1 aliphatic heterocycles. The molecule has 1 fully saturated rings. The van der Waals surface area contributed by atoms with Gasteiger partial charge in [-0.2, -0.15) is 0 Å². The van der Waals surface area contributed by atoms with Crippen molar-refractivity contribution in [2.24, 2.45) is 0 Å². The van der Waals surface area contributed by atoms with Gasteiger partial charge >= 0.3 is 5.97 Å². The molecule has 1 saturated heterocycles. The molecule has 0 atom stereocenters. The van der Waals surface area contributed by atoms with Gasteiger partial charge in [-0.05, 0) is 0 Å². The predicted molar refractivity (Wildman–Crippen MR) is 82.9 cm³/mol. The molecule has 1 aromatic heterocycles. The summed E-state index contributed by atoms with van der Waals surface area (Å²) in [6.45, 7) is 4.43. The van der Waals surface area contributed by atoms with Crippen LogP contribution in [0.3, 0.4) is 0 Å². The van der Waals surface area contributed by atoms with Crippen LogP contribution in [0.1, 0.15) is 16.6 Å². The molecule has 0 aliphatic carbocycles. The molecule has 0 spiro atoms. The van der Waals surface area contributed by atoms with Crippen molar-refractivity contribution in [2.45, 2.75) is 11.8 Å². The number of nitrogens with zero attached hydrogens (tertiary/aromatic N) is 1. The van der Waals surface area contributed by atoms with E-state index >= 15 is 0 Å². The minimum Gasteiger partial charge on any atom is -0.465 e. The normalized spacial score (nSPS) is 16.0. The van der Waals surface area contributed by atoms with E-state index in [1.807, 2.05) is 4.90 Å². The Balaban J connectivity index is 2.59. The second-order valence-electron chi connectivity index (χ2n) is 4.61. The van der Waals surface area contributed by atoms with Crippen molar-refractivity contribution in [3.05, 3.63) is 4.88 Å². The Bertz CT molecular complexity index is 633. The summed E-state index contributed by atoms with van der Waals surface area (Å²) in [5, 5.41) is 3.74. The Morgan fingerprint density at radius 3 is 2.57 bits per heavy atom. The summed E-state index contributed by atoms with van der Waals surface area (Å²) in [5.41, 5.74) is 5.94. The van der Waals surface area contributed by atoms with Gasteiger partial charge in [0.1, 0.15) is 14.8 Å². The lowest BCUT2D eigenvalue weighted by Crippen LogP contribution is -2.43. The summed E-state index contributed by atoms with van der Waals surface area (Å²) in [6.07, 6.45) is 0. The first kappa shape index (κ1) is 16.1. The maximum Gasteiger partial charge on any atom is 0.350 e. The fourth-order valence-electron chi connectivity index (χ4n) is 2.18. The third kappa shape index (κ3) is 2.99. The van der Waals surface area contributed by atoms with Gasteiger partial charge in [0, 0.05) is 26.2 Å². The molecule has 0 aromatic carbocycles. The molecule has 1 aromatic rings. The van der Waals surface area contributed by atoms with Crippen molar-refractivity contribution in [1.29, 1.82) is 0 Å². The number of nitrogens with two attached hydrogens (primary N) is 1. The quantitative estimate of drug-likeness (QED) is 0.765. The highest BCUT2D eigenvalue weighted by Gasteiger charge is 2.32. The summed E-state index contributed by atoms with van der Waals surface area (Å²) in [4.78, 5) is 13.9. The number of nitrogen functional groups attached to an aromatic ring is 1. The highest BCUT2D eigenvalue weighted by molar-refractivity contribution is 7.92. The van der Waals surface area contributed by atoms with Crippen LogP contribution in [0.25, 0.3) is 0 Å². The molecule has 2 rings (SSSR count). The second-order valence-corrected chi connectivity index (χ2v) is 7.83. The van der Waals surface area contributed by atoms with E-state index in [9.17, 15) is 13.2 Å². The van der Waals surface area contributed by atoms with E-state index in [1.165, 1.54) is 7.11 Å². The largest absolute Gasteiger partial charge is 0.465 e. The van der Waals surface area contributed by atoms with E-state index in [1.54, 1.807) is 6.92 Å². The lowest BCUT2D eigenvalue weighted by atomic mass is 10.3. The number of esters is 1. The lowest BCUT2D eigenvalue weighted by Gasteiger charge is -2.28. The standard InChI is InChI=1S/C12H19N3O4S2/c1-3-21(17,18)10-8(13)9(12(16)19-2)20-11(10)15-6-4-14-5-7-15/h14H,3-7,13H2,1-2H3. The first-order chi connectivity index (χ1) is 9.92. The molecule has 1 aliphatic rings. The lowest BCUT2D eigenvalue weighted by molar-refractivity contribution is 0.0607. The summed E-state index contributed by atoms with van der Waals surface area (Å²) >= 11 is 1.09. The first-order valence-electron chi connectivity index (χ1n) is 6.61. The Labute approximate surface area is 128 Å². The third-order valence-electron chi connectivity index (χ3n) is 3.35. The molecule has 0 bridgehead atoms. The van der Waals surface area contributed by atoms with Gasteiger partial charge in [0.15, 0.2) is 9.84 Å². The fraction of sp³-hybridized carbons (Fsp3) is 0.583. The number of sulfone groups is 1. The van der Waals surface area contributed by atoms with Gasteiger partial charge in [-0.25, -0.2) is 13.2 Å². The molecule has 7 nitrogen and oxygen atoms in total. The number of ether oxygens (including phenoxy) is 1. The van der Waals surface area contributed by atoms with E-state index in [0.29, 0.717) is 18.1 Å². The molecule has 3 N–H and O–H groups in total. The molecule has 0 amide bonds. The van der Waals surface area contributed by atoms with Crippen LogP contribution >= 0.6 is 11.3 Å². The van der Waals surface area contributed by atoms with Crippen LogP contribution in [-0.2, 0) is 14.6 Å². The summed E-state index contributed by atoms with van der Waals surface area (Å²) in [7, 11) is -2.26. The van der Waals surface area contributed by atoms with Crippen molar-refractivity contribution in [3.8, 4) is 0 Å². The smallest absolute Gasteiger partial charge is 0.350 e. The van der Waals surface area contributed by atoms with Gasteiger partial charge in [0.2, 0.25) is 0 Å². The van der Waals surface area contributed by atoms with E-state index < -0.39 is 15.8 Å². The molecular formula is C12H19N3O4S2. The number of thiophene rings is 1. The number of rotatable bonds is 4. The molecule has 0 radical (unpaired) electrons. The topological polar surface area (TPSA) is 102 Å². The average molecular weight is 333 g/mol. The van der Waals surface area contributed by atoms with Crippen molar-refractivity contribution >= 4 is 37.8 Å². The molecular weight excluding hydrogens is 314 g/mol. The number of carbonyl (C=O) groups excluding carboxylic acids is 1. The van der Waals surface area contributed by atoms with E-state index in [4.69, 9.17) is 5.73 Å². The minimum atomic E-state index is -3.51. The predicted octanol–water partition coefficient (Wildman–Crippen LogP) is 0.320. The van der Waals surface area contributed by atoms with Crippen molar-refractivity contribution < 1.29 is 17.9 Å². The molecule has 2 heterocycles. The van der Waals surface area contributed by atoms with E-state index in [2.05, 4.69) is 10.1 Å². The minimum absolute atomic E-state index is 0.00207. The van der Waals surface area contributed by atoms with Crippen LogP contribution in [0.5, 0.6) is 0 Å². The fourth-order valence-corrected chi connectivity index (χ4v) is 4.96.